The zero-order valence-corrected chi connectivity index (χ0v) is 13.5. The van der Waals surface area contributed by atoms with Gasteiger partial charge in [0.05, 0.1) is 12.4 Å². The predicted molar refractivity (Wildman–Crippen MR) is 89.9 cm³/mol. The Bertz CT molecular complexity index is 848. The maximum Gasteiger partial charge on any atom is 0.273 e. The number of hydrogen-bond acceptors (Lipinski definition) is 5. The van der Waals surface area contributed by atoms with Crippen molar-refractivity contribution in [1.82, 2.24) is 10.5 Å². The van der Waals surface area contributed by atoms with Crippen LogP contribution in [0, 0.1) is 0 Å². The van der Waals surface area contributed by atoms with E-state index in [1.54, 1.807) is 12.3 Å². The average Bonchev–Trinajstić information content (AvgIpc) is 3.14. The molecule has 1 saturated carbocycles. The van der Waals surface area contributed by atoms with Crippen molar-refractivity contribution < 1.29 is 18.8 Å². The zero-order valence-electron chi connectivity index (χ0n) is 13.5. The van der Waals surface area contributed by atoms with Gasteiger partial charge in [0.1, 0.15) is 11.5 Å². The Labute approximate surface area is 144 Å². The van der Waals surface area contributed by atoms with Crippen LogP contribution in [0.15, 0.2) is 57.7 Å². The van der Waals surface area contributed by atoms with Crippen molar-refractivity contribution in [2.75, 3.05) is 6.54 Å². The molecule has 0 spiro atoms. The summed E-state index contributed by atoms with van der Waals surface area (Å²) in [6.45, 7) is 0.102. The fourth-order valence-electron chi connectivity index (χ4n) is 2.67. The average molecular weight is 338 g/mol. The van der Waals surface area contributed by atoms with Crippen molar-refractivity contribution in [2.45, 2.75) is 24.9 Å². The largest absolute Gasteiger partial charge is 0.464 e. The number of aliphatic hydroxyl groups is 1. The second-order valence-corrected chi connectivity index (χ2v) is 6.21. The van der Waals surface area contributed by atoms with Gasteiger partial charge in [-0.15, -0.1) is 0 Å². The number of carbonyl (C=O) groups is 1. The van der Waals surface area contributed by atoms with Crippen molar-refractivity contribution in [3.63, 3.8) is 0 Å². The lowest BCUT2D eigenvalue weighted by atomic mass is 10.1. The van der Waals surface area contributed by atoms with Crippen LogP contribution in [0.4, 0.5) is 0 Å². The van der Waals surface area contributed by atoms with Gasteiger partial charge in [0.2, 0.25) is 0 Å². The van der Waals surface area contributed by atoms with E-state index in [1.165, 1.54) is 0 Å². The van der Waals surface area contributed by atoms with Crippen LogP contribution in [0.1, 0.15) is 46.7 Å². The second-order valence-electron chi connectivity index (χ2n) is 6.21. The highest BCUT2D eigenvalue weighted by Crippen LogP contribution is 2.40. The van der Waals surface area contributed by atoms with Gasteiger partial charge in [-0.2, -0.15) is 0 Å². The number of nitrogens with one attached hydrogen (secondary N) is 1. The summed E-state index contributed by atoms with van der Waals surface area (Å²) < 4.78 is 10.5. The molecule has 0 bridgehead atoms. The molecule has 0 aliphatic heterocycles. The van der Waals surface area contributed by atoms with Crippen LogP contribution in [-0.2, 0) is 0 Å². The van der Waals surface area contributed by atoms with Crippen LogP contribution in [0.2, 0.25) is 0 Å². The summed E-state index contributed by atoms with van der Waals surface area (Å²) in [4.78, 5) is 12.1. The summed E-state index contributed by atoms with van der Waals surface area (Å²) in [5.74, 6) is 1.60. The SMILES string of the molecule is O=C(NC[C@@H](O)c1ccc(-c2ccco2)cc1)c1cc(C2CC2)on1. The summed E-state index contributed by atoms with van der Waals surface area (Å²) in [6, 6.07) is 12.8. The molecule has 0 radical (unpaired) electrons. The van der Waals surface area contributed by atoms with E-state index < -0.39 is 6.10 Å². The van der Waals surface area contributed by atoms with Gasteiger partial charge < -0.3 is 19.4 Å². The molecule has 25 heavy (non-hydrogen) atoms. The normalized spacial score (nSPS) is 15.1. The summed E-state index contributed by atoms with van der Waals surface area (Å²) in [5.41, 5.74) is 1.90. The fourth-order valence-corrected chi connectivity index (χ4v) is 2.67. The minimum Gasteiger partial charge on any atom is -0.464 e. The first-order chi connectivity index (χ1) is 12.2. The van der Waals surface area contributed by atoms with E-state index in [9.17, 15) is 9.90 Å². The van der Waals surface area contributed by atoms with Gasteiger partial charge in [-0.3, -0.25) is 4.79 Å². The number of aliphatic hydroxyl groups excluding tert-OH is 1. The summed E-state index contributed by atoms with van der Waals surface area (Å²) >= 11 is 0. The highest BCUT2D eigenvalue weighted by Gasteiger charge is 2.28. The Kier molecular flexibility index (Phi) is 4.11. The molecular weight excluding hydrogens is 320 g/mol. The molecule has 1 fully saturated rings. The first kappa shape index (κ1) is 15.7. The molecule has 2 heterocycles. The molecule has 6 nitrogen and oxygen atoms in total. The van der Waals surface area contributed by atoms with E-state index in [4.69, 9.17) is 8.94 Å². The van der Waals surface area contributed by atoms with Crippen molar-refractivity contribution in [2.24, 2.45) is 0 Å². The Balaban J connectivity index is 1.34. The predicted octanol–water partition coefficient (Wildman–Crippen LogP) is 3.28. The van der Waals surface area contributed by atoms with Crippen LogP contribution in [0.3, 0.4) is 0 Å². The van der Waals surface area contributed by atoms with Crippen molar-refractivity contribution in [1.29, 1.82) is 0 Å². The molecule has 1 atom stereocenters. The monoisotopic (exact) mass is 338 g/mol. The minimum atomic E-state index is -0.801. The third-order valence-corrected chi connectivity index (χ3v) is 4.30. The van der Waals surface area contributed by atoms with Crippen LogP contribution in [0.5, 0.6) is 0 Å². The molecular formula is C19H18N2O4. The van der Waals surface area contributed by atoms with Gasteiger partial charge in [-0.05, 0) is 30.5 Å². The van der Waals surface area contributed by atoms with E-state index >= 15 is 0 Å². The van der Waals surface area contributed by atoms with E-state index in [-0.39, 0.29) is 18.1 Å². The number of hydrogen-bond donors (Lipinski definition) is 2. The number of carbonyl (C=O) groups excluding carboxylic acids is 1. The minimum absolute atomic E-state index is 0.102. The van der Waals surface area contributed by atoms with Gasteiger partial charge in [0, 0.05) is 24.1 Å². The molecule has 0 saturated heterocycles. The molecule has 1 aliphatic rings. The maximum absolute atomic E-state index is 12.1. The maximum atomic E-state index is 12.1. The molecule has 4 rings (SSSR count). The van der Waals surface area contributed by atoms with E-state index in [0.29, 0.717) is 5.92 Å². The van der Waals surface area contributed by atoms with Gasteiger partial charge in [-0.25, -0.2) is 0 Å². The first-order valence-electron chi connectivity index (χ1n) is 8.27. The van der Waals surface area contributed by atoms with Crippen LogP contribution in [-0.4, -0.2) is 22.7 Å². The molecule has 0 unspecified atom stereocenters. The molecule has 128 valence electrons. The number of furan rings is 1. The van der Waals surface area contributed by atoms with Gasteiger partial charge in [0.25, 0.3) is 5.91 Å². The molecule has 1 aromatic carbocycles. The lowest BCUT2D eigenvalue weighted by molar-refractivity contribution is 0.0907. The molecule has 2 aromatic heterocycles. The van der Waals surface area contributed by atoms with Gasteiger partial charge in [0.15, 0.2) is 5.69 Å². The number of rotatable bonds is 6. The smallest absolute Gasteiger partial charge is 0.273 e. The van der Waals surface area contributed by atoms with Crippen molar-refractivity contribution in [3.8, 4) is 11.3 Å². The Hall–Kier alpha value is -2.86. The molecule has 1 aliphatic carbocycles. The number of aromatic nitrogens is 1. The topological polar surface area (TPSA) is 88.5 Å². The molecule has 6 heteroatoms. The Morgan fingerprint density at radius 2 is 2.08 bits per heavy atom. The molecule has 1 amide bonds. The third kappa shape index (κ3) is 3.49. The van der Waals surface area contributed by atoms with Crippen molar-refractivity contribution in [3.05, 3.63) is 65.7 Å². The lowest BCUT2D eigenvalue weighted by Gasteiger charge is -2.12. The van der Waals surface area contributed by atoms with E-state index in [1.807, 2.05) is 36.4 Å². The fraction of sp³-hybridized carbons (Fsp3) is 0.263. The zero-order chi connectivity index (χ0) is 17.2. The molecule has 3 aromatic rings. The first-order valence-corrected chi connectivity index (χ1v) is 8.27. The highest BCUT2D eigenvalue weighted by molar-refractivity contribution is 5.92. The third-order valence-electron chi connectivity index (χ3n) is 4.30. The van der Waals surface area contributed by atoms with Crippen LogP contribution in [0.25, 0.3) is 11.3 Å². The van der Waals surface area contributed by atoms with Crippen molar-refractivity contribution >= 4 is 5.91 Å². The molecule has 2 N–H and O–H groups in total. The summed E-state index contributed by atoms with van der Waals surface area (Å²) in [7, 11) is 0. The van der Waals surface area contributed by atoms with Crippen LogP contribution < -0.4 is 5.32 Å². The van der Waals surface area contributed by atoms with Crippen LogP contribution >= 0.6 is 0 Å². The number of benzene rings is 1. The Morgan fingerprint density at radius 1 is 1.28 bits per heavy atom. The van der Waals surface area contributed by atoms with E-state index in [2.05, 4.69) is 10.5 Å². The second kappa shape index (κ2) is 6.57. The van der Waals surface area contributed by atoms with Gasteiger partial charge in [-0.1, -0.05) is 29.4 Å². The van der Waals surface area contributed by atoms with Gasteiger partial charge >= 0.3 is 0 Å². The Morgan fingerprint density at radius 3 is 2.76 bits per heavy atom. The lowest BCUT2D eigenvalue weighted by Crippen LogP contribution is -2.28. The summed E-state index contributed by atoms with van der Waals surface area (Å²) in [6.07, 6.45) is 2.99. The standard InChI is InChI=1S/C19H18N2O4/c22-16(12-3-5-13(6-4-12)17-2-1-9-24-17)11-20-19(23)15-10-18(25-21-15)14-7-8-14/h1-6,9-10,14,16,22H,7-8,11H2,(H,20,23)/t16-/m1/s1. The quantitative estimate of drug-likeness (QED) is 0.720. The number of amides is 1. The van der Waals surface area contributed by atoms with E-state index in [0.717, 1.165) is 35.5 Å². The summed E-state index contributed by atoms with van der Waals surface area (Å²) in [5, 5.41) is 16.7. The highest BCUT2D eigenvalue weighted by atomic mass is 16.5. The number of nitrogens with zero attached hydrogens (tertiary/aromatic N) is 1.